The van der Waals surface area contributed by atoms with Crippen LogP contribution in [0.2, 0.25) is 5.02 Å². The smallest absolute Gasteiger partial charge is 0.173 e. The molecule has 0 spiro atoms. The highest BCUT2D eigenvalue weighted by Crippen LogP contribution is 2.33. The molecule has 0 saturated carbocycles. The van der Waals surface area contributed by atoms with E-state index in [0.29, 0.717) is 10.8 Å². The minimum atomic E-state index is -0.527. The van der Waals surface area contributed by atoms with Gasteiger partial charge in [0.15, 0.2) is 5.84 Å². The summed E-state index contributed by atoms with van der Waals surface area (Å²) in [6.07, 6.45) is 0. The average molecular weight is 360 g/mol. The minimum absolute atomic E-state index is 0.131. The molecule has 0 aliphatic carbocycles. The van der Waals surface area contributed by atoms with Gasteiger partial charge in [-0.2, -0.15) is 0 Å². The summed E-state index contributed by atoms with van der Waals surface area (Å²) in [4.78, 5) is 0. The van der Waals surface area contributed by atoms with Crippen LogP contribution in [0, 0.1) is 5.82 Å². The van der Waals surface area contributed by atoms with E-state index in [4.69, 9.17) is 27.3 Å². The van der Waals surface area contributed by atoms with E-state index in [-0.39, 0.29) is 17.1 Å². The molecular formula is C13H9BrClFN2O2. The molecule has 0 bridgehead atoms. The van der Waals surface area contributed by atoms with Gasteiger partial charge in [0, 0.05) is 4.47 Å². The fourth-order valence-electron chi connectivity index (χ4n) is 1.52. The maximum Gasteiger partial charge on any atom is 0.173 e. The molecule has 7 heteroatoms. The number of nitrogens with two attached hydrogens (primary N) is 1. The average Bonchev–Trinajstić information content (AvgIpc) is 2.42. The van der Waals surface area contributed by atoms with E-state index < -0.39 is 5.82 Å². The minimum Gasteiger partial charge on any atom is -0.455 e. The van der Waals surface area contributed by atoms with Gasteiger partial charge in [-0.15, -0.1) is 0 Å². The Bertz CT molecular complexity index is 679. The lowest BCUT2D eigenvalue weighted by Gasteiger charge is -2.11. The van der Waals surface area contributed by atoms with Crippen LogP contribution in [0.15, 0.2) is 46.0 Å². The van der Waals surface area contributed by atoms with Crippen LogP contribution in [0.5, 0.6) is 11.5 Å². The zero-order chi connectivity index (χ0) is 14.7. The predicted octanol–water partition coefficient (Wildman–Crippen LogP) is 4.13. The van der Waals surface area contributed by atoms with Gasteiger partial charge in [0.05, 0.1) is 10.6 Å². The molecule has 0 aromatic heterocycles. The Morgan fingerprint density at radius 2 is 1.95 bits per heavy atom. The lowest BCUT2D eigenvalue weighted by Crippen LogP contribution is -2.14. The number of benzene rings is 2. The predicted molar refractivity (Wildman–Crippen MR) is 78.1 cm³/mol. The summed E-state index contributed by atoms with van der Waals surface area (Å²) >= 11 is 9.31. The first kappa shape index (κ1) is 14.6. The molecule has 20 heavy (non-hydrogen) atoms. The Labute approximate surface area is 127 Å². The number of hydrogen-bond donors (Lipinski definition) is 2. The zero-order valence-corrected chi connectivity index (χ0v) is 12.3. The number of halogens is 3. The van der Waals surface area contributed by atoms with Gasteiger partial charge in [-0.25, -0.2) is 4.39 Å². The van der Waals surface area contributed by atoms with Crippen LogP contribution in [0.25, 0.3) is 0 Å². The van der Waals surface area contributed by atoms with Crippen molar-refractivity contribution in [3.8, 4) is 11.5 Å². The van der Waals surface area contributed by atoms with E-state index in [1.54, 1.807) is 18.2 Å². The van der Waals surface area contributed by atoms with Crippen molar-refractivity contribution in [2.75, 3.05) is 0 Å². The van der Waals surface area contributed by atoms with Crippen LogP contribution < -0.4 is 10.5 Å². The second kappa shape index (κ2) is 6.11. The van der Waals surface area contributed by atoms with Gasteiger partial charge in [0.1, 0.15) is 17.3 Å². The van der Waals surface area contributed by atoms with Crippen molar-refractivity contribution in [2.24, 2.45) is 10.9 Å². The first-order valence-electron chi connectivity index (χ1n) is 5.41. The second-order valence-corrected chi connectivity index (χ2v) is 5.13. The molecule has 0 heterocycles. The van der Waals surface area contributed by atoms with Gasteiger partial charge in [0.25, 0.3) is 0 Å². The maximum atomic E-state index is 13.2. The quantitative estimate of drug-likeness (QED) is 0.375. The normalized spacial score (nSPS) is 11.4. The molecule has 0 amide bonds. The van der Waals surface area contributed by atoms with Crippen molar-refractivity contribution in [1.29, 1.82) is 0 Å². The Morgan fingerprint density at radius 1 is 1.25 bits per heavy atom. The van der Waals surface area contributed by atoms with Crippen LogP contribution >= 0.6 is 27.5 Å². The summed E-state index contributed by atoms with van der Waals surface area (Å²) in [5.41, 5.74) is 5.62. The van der Waals surface area contributed by atoms with Crippen LogP contribution in [-0.4, -0.2) is 11.0 Å². The molecule has 0 saturated heterocycles. The number of nitrogens with zero attached hydrogens (tertiary/aromatic N) is 1. The second-order valence-electron chi connectivity index (χ2n) is 3.80. The highest BCUT2D eigenvalue weighted by Gasteiger charge is 2.12. The lowest BCUT2D eigenvalue weighted by molar-refractivity contribution is 0.318. The fourth-order valence-corrected chi connectivity index (χ4v) is 2.23. The number of ether oxygens (including phenoxy) is 1. The van der Waals surface area contributed by atoms with E-state index >= 15 is 0 Å². The molecule has 0 unspecified atom stereocenters. The molecule has 0 radical (unpaired) electrons. The van der Waals surface area contributed by atoms with Crippen molar-refractivity contribution in [3.63, 3.8) is 0 Å². The third-order valence-electron chi connectivity index (χ3n) is 2.44. The lowest BCUT2D eigenvalue weighted by atomic mass is 10.2. The number of amidine groups is 1. The first-order chi connectivity index (χ1) is 9.51. The Morgan fingerprint density at radius 3 is 2.60 bits per heavy atom. The SMILES string of the molecule is NC(=NO)c1cc(F)ccc1Oc1ccc(Br)cc1Cl. The monoisotopic (exact) mass is 358 g/mol. The summed E-state index contributed by atoms with van der Waals surface area (Å²) < 4.78 is 19.6. The van der Waals surface area contributed by atoms with Crippen molar-refractivity contribution in [2.45, 2.75) is 0 Å². The molecule has 0 atom stereocenters. The molecule has 3 N–H and O–H groups in total. The molecule has 2 rings (SSSR count). The first-order valence-corrected chi connectivity index (χ1v) is 6.58. The summed E-state index contributed by atoms with van der Waals surface area (Å²) in [6.45, 7) is 0. The van der Waals surface area contributed by atoms with Gasteiger partial charge in [-0.05, 0) is 36.4 Å². The summed E-state index contributed by atoms with van der Waals surface area (Å²) in [6, 6.07) is 8.73. The van der Waals surface area contributed by atoms with Crippen LogP contribution in [0.4, 0.5) is 4.39 Å². The summed E-state index contributed by atoms with van der Waals surface area (Å²) in [5, 5.41) is 11.9. The van der Waals surface area contributed by atoms with Gasteiger partial charge < -0.3 is 15.7 Å². The zero-order valence-electron chi connectivity index (χ0n) is 9.98. The molecule has 2 aromatic rings. The summed E-state index contributed by atoms with van der Waals surface area (Å²) in [7, 11) is 0. The Kier molecular flexibility index (Phi) is 4.46. The van der Waals surface area contributed by atoms with Crippen LogP contribution in [0.3, 0.4) is 0 Å². The van der Waals surface area contributed by atoms with E-state index in [2.05, 4.69) is 21.1 Å². The third kappa shape index (κ3) is 3.20. The molecule has 2 aromatic carbocycles. The van der Waals surface area contributed by atoms with E-state index in [0.717, 1.165) is 10.5 Å². The molecule has 0 aliphatic rings. The fraction of sp³-hybridized carbons (Fsp3) is 0. The molecule has 104 valence electrons. The number of oxime groups is 1. The van der Waals surface area contributed by atoms with Crippen molar-refractivity contribution in [1.82, 2.24) is 0 Å². The molecule has 0 fully saturated rings. The van der Waals surface area contributed by atoms with Crippen LogP contribution in [0.1, 0.15) is 5.56 Å². The third-order valence-corrected chi connectivity index (χ3v) is 3.23. The largest absolute Gasteiger partial charge is 0.455 e. The van der Waals surface area contributed by atoms with Crippen LogP contribution in [-0.2, 0) is 0 Å². The van der Waals surface area contributed by atoms with E-state index in [1.807, 2.05) is 0 Å². The van der Waals surface area contributed by atoms with Gasteiger partial charge in [-0.1, -0.05) is 32.7 Å². The highest BCUT2D eigenvalue weighted by atomic mass is 79.9. The molecular weight excluding hydrogens is 351 g/mol. The molecule has 0 aliphatic heterocycles. The van der Waals surface area contributed by atoms with E-state index in [9.17, 15) is 4.39 Å². The van der Waals surface area contributed by atoms with Gasteiger partial charge in [0.2, 0.25) is 0 Å². The summed E-state index contributed by atoms with van der Waals surface area (Å²) in [5.74, 6) is -0.187. The van der Waals surface area contributed by atoms with Crippen molar-refractivity contribution in [3.05, 3.63) is 57.3 Å². The Balaban J connectivity index is 2.43. The topological polar surface area (TPSA) is 67.8 Å². The highest BCUT2D eigenvalue weighted by molar-refractivity contribution is 9.10. The van der Waals surface area contributed by atoms with Gasteiger partial charge >= 0.3 is 0 Å². The number of rotatable bonds is 3. The standard InChI is InChI=1S/C13H9BrClFN2O2/c14-7-1-3-12(10(15)5-7)20-11-4-2-8(16)6-9(11)13(17)18-19/h1-6,19H,(H2,17,18). The van der Waals surface area contributed by atoms with Gasteiger partial charge in [-0.3, -0.25) is 0 Å². The van der Waals surface area contributed by atoms with E-state index in [1.165, 1.54) is 12.1 Å². The molecule has 4 nitrogen and oxygen atoms in total. The maximum absolute atomic E-state index is 13.2. The van der Waals surface area contributed by atoms with Crippen molar-refractivity contribution >= 4 is 33.4 Å². The van der Waals surface area contributed by atoms with Crippen molar-refractivity contribution < 1.29 is 14.3 Å². The number of hydrogen-bond acceptors (Lipinski definition) is 3. The Hall–Kier alpha value is -1.79.